The maximum absolute atomic E-state index is 12.8. The van der Waals surface area contributed by atoms with Gasteiger partial charge in [0, 0.05) is 6.04 Å². The van der Waals surface area contributed by atoms with Crippen molar-refractivity contribution >= 4 is 10.9 Å². The average Bonchev–Trinajstić information content (AvgIpc) is 2.99. The summed E-state index contributed by atoms with van der Waals surface area (Å²) in [6.45, 7) is 5.63. The van der Waals surface area contributed by atoms with Gasteiger partial charge in [0.1, 0.15) is 5.82 Å². The maximum Gasteiger partial charge on any atom is 0.261 e. The first-order valence-electron chi connectivity index (χ1n) is 7.99. The molecule has 0 radical (unpaired) electrons. The Morgan fingerprint density at radius 3 is 2.86 bits per heavy atom. The van der Waals surface area contributed by atoms with Crippen molar-refractivity contribution in [2.75, 3.05) is 13.2 Å². The van der Waals surface area contributed by atoms with Crippen LogP contribution in [0.5, 0.6) is 0 Å². The molecule has 1 fully saturated rings. The number of fused-ring (bicyclic) bond motifs is 1. The highest BCUT2D eigenvalue weighted by Crippen LogP contribution is 2.32. The van der Waals surface area contributed by atoms with Crippen molar-refractivity contribution in [2.24, 2.45) is 0 Å². The molecule has 2 aromatic rings. The van der Waals surface area contributed by atoms with E-state index >= 15 is 0 Å². The minimum atomic E-state index is -0.0542. The van der Waals surface area contributed by atoms with Crippen LogP contribution in [-0.4, -0.2) is 38.8 Å². The van der Waals surface area contributed by atoms with Crippen LogP contribution in [-0.2, 0) is 6.54 Å². The second kappa shape index (κ2) is 6.18. The highest BCUT2D eigenvalue weighted by atomic mass is 16.3. The molecule has 0 spiro atoms. The third-order valence-electron chi connectivity index (χ3n) is 4.47. The Kier molecular flexibility index (Phi) is 4.27. The summed E-state index contributed by atoms with van der Waals surface area (Å²) in [6, 6.07) is 8.02. The van der Waals surface area contributed by atoms with E-state index in [0.717, 1.165) is 30.7 Å². The predicted molar refractivity (Wildman–Crippen MR) is 86.9 cm³/mol. The van der Waals surface area contributed by atoms with Crippen LogP contribution in [0.2, 0.25) is 0 Å². The normalized spacial score (nSPS) is 19.4. The van der Waals surface area contributed by atoms with Gasteiger partial charge in [0.05, 0.1) is 30.1 Å². The summed E-state index contributed by atoms with van der Waals surface area (Å²) >= 11 is 0. The Morgan fingerprint density at radius 1 is 1.36 bits per heavy atom. The highest BCUT2D eigenvalue weighted by Gasteiger charge is 2.31. The number of hydrogen-bond acceptors (Lipinski definition) is 4. The molecule has 1 atom stereocenters. The lowest BCUT2D eigenvalue weighted by Gasteiger charge is -2.29. The molecule has 0 saturated carbocycles. The van der Waals surface area contributed by atoms with Gasteiger partial charge in [-0.15, -0.1) is 0 Å². The first-order chi connectivity index (χ1) is 10.6. The van der Waals surface area contributed by atoms with Crippen molar-refractivity contribution in [2.45, 2.75) is 45.3 Å². The molecule has 2 heterocycles. The van der Waals surface area contributed by atoms with Crippen molar-refractivity contribution < 1.29 is 5.11 Å². The van der Waals surface area contributed by atoms with Crippen LogP contribution < -0.4 is 5.56 Å². The molecular formula is C17H23N3O2. The number of aliphatic hydroxyl groups is 1. The third kappa shape index (κ3) is 2.55. The van der Waals surface area contributed by atoms with E-state index in [9.17, 15) is 9.90 Å². The molecule has 118 valence electrons. The van der Waals surface area contributed by atoms with E-state index in [1.54, 1.807) is 10.6 Å². The molecule has 0 amide bonds. The first-order valence-corrected chi connectivity index (χ1v) is 7.99. The highest BCUT2D eigenvalue weighted by molar-refractivity contribution is 5.77. The van der Waals surface area contributed by atoms with Crippen molar-refractivity contribution in [3.05, 3.63) is 40.4 Å². The molecule has 1 aromatic carbocycles. The van der Waals surface area contributed by atoms with Crippen LogP contribution in [0.4, 0.5) is 0 Å². The molecule has 1 aliphatic rings. The lowest BCUT2D eigenvalue weighted by Crippen LogP contribution is -2.36. The number of rotatable bonds is 4. The third-order valence-corrected chi connectivity index (χ3v) is 4.47. The molecule has 5 heteroatoms. The number of aliphatic hydroxyl groups excluding tert-OH is 1. The molecule has 22 heavy (non-hydrogen) atoms. The van der Waals surface area contributed by atoms with Gasteiger partial charge in [-0.2, -0.15) is 0 Å². The van der Waals surface area contributed by atoms with E-state index in [0.29, 0.717) is 18.0 Å². The van der Waals surface area contributed by atoms with Crippen LogP contribution in [0.25, 0.3) is 10.9 Å². The Morgan fingerprint density at radius 2 is 2.14 bits per heavy atom. The van der Waals surface area contributed by atoms with E-state index < -0.39 is 0 Å². The van der Waals surface area contributed by atoms with Gasteiger partial charge in [-0.3, -0.25) is 14.3 Å². The van der Waals surface area contributed by atoms with Crippen LogP contribution in [0.15, 0.2) is 29.1 Å². The fourth-order valence-electron chi connectivity index (χ4n) is 3.44. The van der Waals surface area contributed by atoms with Gasteiger partial charge in [0.2, 0.25) is 0 Å². The van der Waals surface area contributed by atoms with Gasteiger partial charge in [-0.25, -0.2) is 4.98 Å². The fraction of sp³-hybridized carbons (Fsp3) is 0.529. The second-order valence-corrected chi connectivity index (χ2v) is 6.16. The molecule has 1 aliphatic heterocycles. The van der Waals surface area contributed by atoms with Crippen molar-refractivity contribution in [1.82, 2.24) is 14.5 Å². The maximum atomic E-state index is 12.8. The smallest absolute Gasteiger partial charge is 0.261 e. The topological polar surface area (TPSA) is 58.4 Å². The summed E-state index contributed by atoms with van der Waals surface area (Å²) in [5, 5.41) is 9.98. The molecule has 5 nitrogen and oxygen atoms in total. The Balaban J connectivity index is 2.19. The van der Waals surface area contributed by atoms with Gasteiger partial charge in [-0.1, -0.05) is 12.1 Å². The monoisotopic (exact) mass is 301 g/mol. The number of para-hydroxylation sites is 1. The number of benzene rings is 1. The van der Waals surface area contributed by atoms with Gasteiger partial charge in [-0.05, 0) is 45.4 Å². The van der Waals surface area contributed by atoms with Gasteiger partial charge < -0.3 is 5.11 Å². The molecule has 0 bridgehead atoms. The Bertz CT molecular complexity index is 723. The summed E-state index contributed by atoms with van der Waals surface area (Å²) < 4.78 is 1.66. The molecule has 0 aliphatic carbocycles. The zero-order chi connectivity index (χ0) is 15.7. The SMILES string of the molecule is CC(C)N1CCCC1c1nc2ccccc2c(=O)n1CCO. The quantitative estimate of drug-likeness (QED) is 0.937. The summed E-state index contributed by atoms with van der Waals surface area (Å²) in [4.78, 5) is 19.9. The number of aromatic nitrogens is 2. The second-order valence-electron chi connectivity index (χ2n) is 6.16. The molecule has 1 N–H and O–H groups in total. The van der Waals surface area contributed by atoms with E-state index in [1.165, 1.54) is 0 Å². The van der Waals surface area contributed by atoms with Crippen molar-refractivity contribution in [3.8, 4) is 0 Å². The zero-order valence-electron chi connectivity index (χ0n) is 13.2. The lowest BCUT2D eigenvalue weighted by molar-refractivity contribution is 0.189. The molecule has 1 saturated heterocycles. The average molecular weight is 301 g/mol. The molecule has 1 aromatic heterocycles. The van der Waals surface area contributed by atoms with E-state index in [4.69, 9.17) is 4.98 Å². The minimum Gasteiger partial charge on any atom is -0.395 e. The van der Waals surface area contributed by atoms with Gasteiger partial charge in [0.15, 0.2) is 0 Å². The number of likely N-dealkylation sites (tertiary alicyclic amines) is 1. The van der Waals surface area contributed by atoms with Crippen LogP contribution >= 0.6 is 0 Å². The summed E-state index contributed by atoms with van der Waals surface area (Å²) in [5.41, 5.74) is 0.692. The molecular weight excluding hydrogens is 278 g/mol. The van der Waals surface area contributed by atoms with Crippen LogP contribution in [0, 0.1) is 0 Å². The van der Waals surface area contributed by atoms with Crippen LogP contribution in [0.3, 0.4) is 0 Å². The van der Waals surface area contributed by atoms with Gasteiger partial charge >= 0.3 is 0 Å². The van der Waals surface area contributed by atoms with Crippen molar-refractivity contribution in [1.29, 1.82) is 0 Å². The standard InChI is InChI=1S/C17H23N3O2/c1-12(2)19-9-5-8-15(19)16-18-14-7-4-3-6-13(14)17(22)20(16)10-11-21/h3-4,6-7,12,15,21H,5,8-11H2,1-2H3. The Hall–Kier alpha value is -1.72. The first kappa shape index (κ1) is 15.2. The largest absolute Gasteiger partial charge is 0.395 e. The lowest BCUT2D eigenvalue weighted by atomic mass is 10.1. The van der Waals surface area contributed by atoms with E-state index in [-0.39, 0.29) is 18.2 Å². The molecule has 1 unspecified atom stereocenters. The van der Waals surface area contributed by atoms with Crippen molar-refractivity contribution in [3.63, 3.8) is 0 Å². The van der Waals surface area contributed by atoms with Gasteiger partial charge in [0.25, 0.3) is 5.56 Å². The minimum absolute atomic E-state index is 0.0507. The molecule has 3 rings (SSSR count). The Labute approximate surface area is 130 Å². The zero-order valence-corrected chi connectivity index (χ0v) is 13.2. The summed E-state index contributed by atoms with van der Waals surface area (Å²) in [7, 11) is 0. The van der Waals surface area contributed by atoms with Crippen LogP contribution in [0.1, 0.15) is 38.6 Å². The fourth-order valence-corrected chi connectivity index (χ4v) is 3.44. The number of hydrogen-bond donors (Lipinski definition) is 1. The summed E-state index contributed by atoms with van der Waals surface area (Å²) in [5.74, 6) is 0.795. The van der Waals surface area contributed by atoms with E-state index in [2.05, 4.69) is 18.7 Å². The van der Waals surface area contributed by atoms with E-state index in [1.807, 2.05) is 18.2 Å². The predicted octanol–water partition coefficient (Wildman–Crippen LogP) is 1.93. The summed E-state index contributed by atoms with van der Waals surface area (Å²) in [6.07, 6.45) is 2.12. The number of nitrogens with zero attached hydrogens (tertiary/aromatic N) is 3.